The minimum Gasteiger partial charge on any atom is -0.351 e. The molecule has 0 heterocycles. The van der Waals surface area contributed by atoms with Crippen molar-refractivity contribution in [2.75, 3.05) is 23.0 Å². The summed E-state index contributed by atoms with van der Waals surface area (Å²) in [4.78, 5) is 23.6. The van der Waals surface area contributed by atoms with Gasteiger partial charge in [0.05, 0.1) is 0 Å². The predicted octanol–water partition coefficient (Wildman–Crippen LogP) is 1.46. The second-order valence-corrected chi connectivity index (χ2v) is 3.92. The van der Waals surface area contributed by atoms with E-state index in [2.05, 4.69) is 17.9 Å². The lowest BCUT2D eigenvalue weighted by Gasteiger charge is -2.15. The van der Waals surface area contributed by atoms with Crippen LogP contribution < -0.4 is 16.0 Å². The van der Waals surface area contributed by atoms with Crippen molar-refractivity contribution >= 4 is 35.9 Å². The predicted molar refractivity (Wildman–Crippen MR) is 71.5 cm³/mol. The summed E-state index contributed by atoms with van der Waals surface area (Å²) in [5.74, 6) is 0.381. The highest BCUT2D eigenvalue weighted by atomic mass is 32.1. The maximum atomic E-state index is 11.4. The number of rotatable bonds is 4. The molecule has 1 aromatic carbocycles. The van der Waals surface area contributed by atoms with Crippen molar-refractivity contribution in [3.05, 3.63) is 24.3 Å². The molecule has 0 saturated heterocycles. The Kier molecular flexibility index (Phi) is 4.84. The summed E-state index contributed by atoms with van der Waals surface area (Å²) in [5, 5.41) is 2.71. The molecule has 0 aliphatic rings. The van der Waals surface area contributed by atoms with Crippen molar-refractivity contribution in [2.45, 2.75) is 6.42 Å². The van der Waals surface area contributed by atoms with Crippen LogP contribution in [0.5, 0.6) is 0 Å². The van der Waals surface area contributed by atoms with E-state index in [1.165, 1.54) is 4.90 Å². The fourth-order valence-electron chi connectivity index (χ4n) is 1.24. The van der Waals surface area contributed by atoms with Crippen LogP contribution in [0.15, 0.2) is 24.3 Å². The van der Waals surface area contributed by atoms with Gasteiger partial charge in [-0.2, -0.15) is 12.6 Å². The Labute approximate surface area is 105 Å². The molecular formula is C11H15N3O2S. The number of anilines is 2. The second kappa shape index (κ2) is 6.15. The average molecular weight is 253 g/mol. The Morgan fingerprint density at radius 1 is 1.47 bits per heavy atom. The highest BCUT2D eigenvalue weighted by Crippen LogP contribution is 2.18. The zero-order chi connectivity index (χ0) is 12.8. The van der Waals surface area contributed by atoms with Crippen LogP contribution in [0, 0.1) is 0 Å². The number of amides is 3. The number of benzene rings is 1. The van der Waals surface area contributed by atoms with E-state index in [1.54, 1.807) is 31.3 Å². The van der Waals surface area contributed by atoms with Crippen molar-refractivity contribution < 1.29 is 9.59 Å². The topological polar surface area (TPSA) is 75.4 Å². The van der Waals surface area contributed by atoms with Gasteiger partial charge in [0.1, 0.15) is 0 Å². The number of thiol groups is 1. The van der Waals surface area contributed by atoms with Crippen molar-refractivity contribution in [3.63, 3.8) is 0 Å². The van der Waals surface area contributed by atoms with Gasteiger partial charge in [-0.3, -0.25) is 9.69 Å². The molecule has 17 heavy (non-hydrogen) atoms. The first-order valence-electron chi connectivity index (χ1n) is 5.08. The van der Waals surface area contributed by atoms with Crippen LogP contribution in [0.25, 0.3) is 0 Å². The highest BCUT2D eigenvalue weighted by Gasteiger charge is 2.07. The maximum Gasteiger partial charge on any atom is 0.318 e. The molecule has 3 N–H and O–H groups in total. The molecule has 0 unspecified atom stereocenters. The van der Waals surface area contributed by atoms with Crippen molar-refractivity contribution in [1.29, 1.82) is 0 Å². The van der Waals surface area contributed by atoms with Gasteiger partial charge in [0.2, 0.25) is 5.91 Å². The van der Waals surface area contributed by atoms with Gasteiger partial charge in [-0.25, -0.2) is 4.79 Å². The summed E-state index contributed by atoms with van der Waals surface area (Å²) >= 11 is 3.98. The Hall–Kier alpha value is -1.69. The number of carbonyl (C=O) groups is 2. The van der Waals surface area contributed by atoms with E-state index in [0.29, 0.717) is 23.5 Å². The molecule has 0 atom stereocenters. The summed E-state index contributed by atoms with van der Waals surface area (Å²) in [7, 11) is 1.57. The van der Waals surface area contributed by atoms with Crippen LogP contribution in [-0.4, -0.2) is 24.7 Å². The number of hydrogen-bond acceptors (Lipinski definition) is 3. The summed E-state index contributed by atoms with van der Waals surface area (Å²) in [5.41, 5.74) is 6.41. The van der Waals surface area contributed by atoms with E-state index in [9.17, 15) is 9.59 Å². The molecule has 0 radical (unpaired) electrons. The zero-order valence-corrected chi connectivity index (χ0v) is 10.4. The van der Waals surface area contributed by atoms with Gasteiger partial charge in [-0.15, -0.1) is 0 Å². The normalized spacial score (nSPS) is 9.76. The molecule has 1 rings (SSSR count). The quantitative estimate of drug-likeness (QED) is 0.711. The molecule has 0 aliphatic carbocycles. The van der Waals surface area contributed by atoms with Crippen molar-refractivity contribution in [1.82, 2.24) is 0 Å². The Balaban J connectivity index is 2.79. The fourth-order valence-corrected chi connectivity index (χ4v) is 1.45. The van der Waals surface area contributed by atoms with E-state index in [1.807, 2.05) is 0 Å². The molecule has 92 valence electrons. The highest BCUT2D eigenvalue weighted by molar-refractivity contribution is 7.80. The number of nitrogens with two attached hydrogens (primary N) is 1. The second-order valence-electron chi connectivity index (χ2n) is 3.47. The molecule has 3 amide bonds. The third-order valence-corrected chi connectivity index (χ3v) is 2.41. The number of hydrogen-bond donors (Lipinski definition) is 3. The minimum absolute atomic E-state index is 0.112. The lowest BCUT2D eigenvalue weighted by molar-refractivity contribution is -0.115. The first-order chi connectivity index (χ1) is 8.04. The first kappa shape index (κ1) is 13.4. The molecule has 0 spiro atoms. The van der Waals surface area contributed by atoms with E-state index >= 15 is 0 Å². The van der Waals surface area contributed by atoms with Crippen molar-refractivity contribution in [2.24, 2.45) is 5.73 Å². The van der Waals surface area contributed by atoms with E-state index in [4.69, 9.17) is 5.73 Å². The number of nitrogens with zero attached hydrogens (tertiary/aromatic N) is 1. The van der Waals surface area contributed by atoms with Gasteiger partial charge >= 0.3 is 6.03 Å². The average Bonchev–Trinajstić information content (AvgIpc) is 2.28. The fraction of sp³-hybridized carbons (Fsp3) is 0.273. The van der Waals surface area contributed by atoms with E-state index in [0.717, 1.165) is 0 Å². The van der Waals surface area contributed by atoms with E-state index < -0.39 is 6.03 Å². The third-order valence-electron chi connectivity index (χ3n) is 2.19. The molecule has 1 aromatic rings. The molecule has 0 aromatic heterocycles. The van der Waals surface area contributed by atoms with Gasteiger partial charge in [-0.05, 0) is 24.0 Å². The van der Waals surface area contributed by atoms with Crippen molar-refractivity contribution in [3.8, 4) is 0 Å². The smallest absolute Gasteiger partial charge is 0.318 e. The summed E-state index contributed by atoms with van der Waals surface area (Å²) in [6.45, 7) is 0. The van der Waals surface area contributed by atoms with Crippen LogP contribution >= 0.6 is 12.6 Å². The monoisotopic (exact) mass is 253 g/mol. The zero-order valence-electron chi connectivity index (χ0n) is 9.51. The summed E-state index contributed by atoms with van der Waals surface area (Å²) in [6, 6.07) is 6.35. The number of nitrogens with one attached hydrogen (secondary N) is 1. The SMILES string of the molecule is CN(C(N)=O)c1cccc(NC(=O)CCS)c1. The Bertz CT molecular complexity index is 423. The van der Waals surface area contributed by atoms with Gasteiger partial charge in [-0.1, -0.05) is 6.07 Å². The number of primary amides is 1. The first-order valence-corrected chi connectivity index (χ1v) is 5.71. The van der Waals surface area contributed by atoms with E-state index in [-0.39, 0.29) is 5.91 Å². The lowest BCUT2D eigenvalue weighted by atomic mass is 10.2. The standard InChI is InChI=1S/C11H15N3O2S/c1-14(11(12)16)9-4-2-3-8(7-9)13-10(15)5-6-17/h2-4,7,17H,5-6H2,1H3,(H2,12,16)(H,13,15). The van der Waals surface area contributed by atoms with Gasteiger partial charge in [0, 0.05) is 24.8 Å². The third kappa shape index (κ3) is 3.99. The molecule has 0 aliphatic heterocycles. The van der Waals surface area contributed by atoms with Gasteiger partial charge < -0.3 is 11.1 Å². The Morgan fingerprint density at radius 2 is 2.18 bits per heavy atom. The minimum atomic E-state index is -0.552. The Morgan fingerprint density at radius 3 is 2.76 bits per heavy atom. The van der Waals surface area contributed by atoms with Crippen LogP contribution in [-0.2, 0) is 4.79 Å². The maximum absolute atomic E-state index is 11.4. The number of carbonyl (C=O) groups excluding carboxylic acids is 2. The van der Waals surface area contributed by atoms with Crippen LogP contribution in [0.4, 0.5) is 16.2 Å². The van der Waals surface area contributed by atoms with Gasteiger partial charge in [0.25, 0.3) is 0 Å². The molecule has 6 heteroatoms. The molecule has 0 fully saturated rings. The van der Waals surface area contributed by atoms with Crippen LogP contribution in [0.1, 0.15) is 6.42 Å². The van der Waals surface area contributed by atoms with Gasteiger partial charge in [0.15, 0.2) is 0 Å². The van der Waals surface area contributed by atoms with Crippen LogP contribution in [0.3, 0.4) is 0 Å². The molecule has 5 nitrogen and oxygen atoms in total. The summed E-state index contributed by atoms with van der Waals surface area (Å²) < 4.78 is 0. The van der Waals surface area contributed by atoms with Crippen LogP contribution in [0.2, 0.25) is 0 Å². The largest absolute Gasteiger partial charge is 0.351 e. The molecule has 0 bridgehead atoms. The molecular weight excluding hydrogens is 238 g/mol. The lowest BCUT2D eigenvalue weighted by Crippen LogP contribution is -2.31. The molecule has 0 saturated carbocycles. The summed E-state index contributed by atoms with van der Waals surface area (Å²) in [6.07, 6.45) is 0.346. The number of urea groups is 1.